The average Bonchev–Trinajstić information content (AvgIpc) is 2.60. The van der Waals surface area contributed by atoms with Crippen LogP contribution in [0.25, 0.3) is 0 Å². The first-order valence-electron chi connectivity index (χ1n) is 8.28. The van der Waals surface area contributed by atoms with Crippen molar-refractivity contribution in [3.8, 4) is 5.75 Å². The standard InChI is InChI=1S/C17H23N3O8/c1-8(21)14(18)16(26)19-11(6-9-2-4-10(22)5-3-9)15(25)20-12(17(27)28)7-13(23)24/h2-5,8,11-12,14,21-22H,6-7,18H2,1H3,(H,19,26)(H,20,25)(H,23,24)(H,27,28)/t8-,11+,12+,14+/m1/s1. The summed E-state index contributed by atoms with van der Waals surface area (Å²) < 4.78 is 0. The smallest absolute Gasteiger partial charge is 0.326 e. The van der Waals surface area contributed by atoms with E-state index < -0.39 is 54.4 Å². The molecule has 8 N–H and O–H groups in total. The second-order valence-corrected chi connectivity index (χ2v) is 6.20. The zero-order valence-corrected chi connectivity index (χ0v) is 15.0. The number of phenols is 1. The molecule has 11 heteroatoms. The molecule has 0 aliphatic heterocycles. The fourth-order valence-corrected chi connectivity index (χ4v) is 2.21. The number of aliphatic hydroxyl groups is 1. The fraction of sp³-hybridized carbons (Fsp3) is 0.412. The zero-order valence-electron chi connectivity index (χ0n) is 15.0. The number of rotatable bonds is 10. The van der Waals surface area contributed by atoms with Crippen molar-refractivity contribution in [2.24, 2.45) is 5.73 Å². The lowest BCUT2D eigenvalue weighted by Crippen LogP contribution is -2.57. The van der Waals surface area contributed by atoms with Crippen molar-refractivity contribution in [2.75, 3.05) is 0 Å². The minimum atomic E-state index is -1.70. The van der Waals surface area contributed by atoms with Gasteiger partial charge in [-0.15, -0.1) is 0 Å². The van der Waals surface area contributed by atoms with E-state index in [9.17, 15) is 29.4 Å². The second kappa shape index (κ2) is 10.2. The number of nitrogens with one attached hydrogen (secondary N) is 2. The Labute approximate surface area is 160 Å². The Balaban J connectivity index is 3.01. The molecule has 0 saturated carbocycles. The molecule has 1 rings (SSSR count). The molecule has 0 aromatic heterocycles. The highest BCUT2D eigenvalue weighted by atomic mass is 16.4. The van der Waals surface area contributed by atoms with Crippen molar-refractivity contribution in [1.82, 2.24) is 10.6 Å². The Morgan fingerprint density at radius 3 is 2.00 bits per heavy atom. The second-order valence-electron chi connectivity index (χ2n) is 6.20. The van der Waals surface area contributed by atoms with E-state index in [0.717, 1.165) is 0 Å². The van der Waals surface area contributed by atoms with Crippen LogP contribution in [0.5, 0.6) is 5.75 Å². The van der Waals surface area contributed by atoms with Gasteiger partial charge in [0, 0.05) is 6.42 Å². The number of aliphatic hydroxyl groups excluding tert-OH is 1. The van der Waals surface area contributed by atoms with Crippen molar-refractivity contribution in [1.29, 1.82) is 0 Å². The number of aromatic hydroxyl groups is 1. The van der Waals surface area contributed by atoms with Gasteiger partial charge in [0.25, 0.3) is 0 Å². The average molecular weight is 397 g/mol. The Bertz CT molecular complexity index is 720. The van der Waals surface area contributed by atoms with Crippen LogP contribution in [-0.4, -0.2) is 68.4 Å². The van der Waals surface area contributed by atoms with Crippen molar-refractivity contribution in [2.45, 2.75) is 44.0 Å². The van der Waals surface area contributed by atoms with Crippen molar-refractivity contribution >= 4 is 23.8 Å². The highest BCUT2D eigenvalue weighted by Gasteiger charge is 2.30. The largest absolute Gasteiger partial charge is 0.508 e. The van der Waals surface area contributed by atoms with Gasteiger partial charge in [-0.1, -0.05) is 12.1 Å². The lowest BCUT2D eigenvalue weighted by Gasteiger charge is -2.23. The van der Waals surface area contributed by atoms with Gasteiger partial charge in [-0.05, 0) is 24.6 Å². The predicted octanol–water partition coefficient (Wildman–Crippen LogP) is -1.83. The van der Waals surface area contributed by atoms with E-state index in [1.807, 2.05) is 0 Å². The molecule has 0 fully saturated rings. The lowest BCUT2D eigenvalue weighted by molar-refractivity contribution is -0.147. The normalized spacial score (nSPS) is 15.0. The van der Waals surface area contributed by atoms with Crippen LogP contribution in [0.4, 0.5) is 0 Å². The summed E-state index contributed by atoms with van der Waals surface area (Å²) in [5, 5.41) is 41.0. The Morgan fingerprint density at radius 1 is 1.00 bits per heavy atom. The van der Waals surface area contributed by atoms with E-state index in [1.54, 1.807) is 0 Å². The molecule has 28 heavy (non-hydrogen) atoms. The van der Waals surface area contributed by atoms with Crippen molar-refractivity contribution < 1.29 is 39.6 Å². The minimum absolute atomic E-state index is 0.0164. The Kier molecular flexibility index (Phi) is 8.35. The third kappa shape index (κ3) is 7.21. The summed E-state index contributed by atoms with van der Waals surface area (Å²) in [4.78, 5) is 46.6. The van der Waals surface area contributed by atoms with E-state index in [4.69, 9.17) is 15.9 Å². The van der Waals surface area contributed by atoms with Crippen molar-refractivity contribution in [3.63, 3.8) is 0 Å². The number of hydrogen-bond acceptors (Lipinski definition) is 7. The summed E-state index contributed by atoms with van der Waals surface area (Å²) in [5.41, 5.74) is 6.06. The number of carboxylic acid groups (broad SMARTS) is 2. The van der Waals surface area contributed by atoms with E-state index in [0.29, 0.717) is 5.56 Å². The van der Waals surface area contributed by atoms with Crippen molar-refractivity contribution in [3.05, 3.63) is 29.8 Å². The number of amides is 2. The molecule has 0 unspecified atom stereocenters. The van der Waals surface area contributed by atoms with Gasteiger partial charge in [-0.2, -0.15) is 0 Å². The predicted molar refractivity (Wildman–Crippen MR) is 95.2 cm³/mol. The molecule has 2 amide bonds. The molecular weight excluding hydrogens is 374 g/mol. The summed E-state index contributed by atoms with van der Waals surface area (Å²) >= 11 is 0. The van der Waals surface area contributed by atoms with Gasteiger partial charge in [0.2, 0.25) is 11.8 Å². The van der Waals surface area contributed by atoms with Crippen LogP contribution in [0.1, 0.15) is 18.9 Å². The number of hydrogen-bond donors (Lipinski definition) is 7. The Hall–Kier alpha value is -3.18. The number of carbonyl (C=O) groups excluding carboxylic acids is 2. The molecule has 0 aliphatic rings. The van der Waals surface area contributed by atoms with Gasteiger partial charge in [0.05, 0.1) is 12.5 Å². The highest BCUT2D eigenvalue weighted by Crippen LogP contribution is 2.12. The van der Waals surface area contributed by atoms with Gasteiger partial charge < -0.3 is 36.8 Å². The van der Waals surface area contributed by atoms with Crippen LogP contribution in [0.2, 0.25) is 0 Å². The van der Waals surface area contributed by atoms with E-state index in [2.05, 4.69) is 10.6 Å². The maximum Gasteiger partial charge on any atom is 0.326 e. The zero-order chi connectivity index (χ0) is 21.4. The summed E-state index contributed by atoms with van der Waals surface area (Å²) in [5.74, 6) is -4.78. The molecule has 11 nitrogen and oxygen atoms in total. The lowest BCUT2D eigenvalue weighted by atomic mass is 10.0. The molecule has 0 radical (unpaired) electrons. The molecule has 0 heterocycles. The molecule has 0 saturated heterocycles. The minimum Gasteiger partial charge on any atom is -0.508 e. The molecule has 4 atom stereocenters. The molecule has 154 valence electrons. The fourth-order valence-electron chi connectivity index (χ4n) is 2.21. The maximum atomic E-state index is 12.5. The number of carbonyl (C=O) groups is 4. The molecule has 1 aromatic carbocycles. The van der Waals surface area contributed by atoms with E-state index in [-0.39, 0.29) is 12.2 Å². The topological polar surface area (TPSA) is 199 Å². The van der Waals surface area contributed by atoms with Gasteiger partial charge in [-0.25, -0.2) is 4.79 Å². The van der Waals surface area contributed by atoms with Crippen LogP contribution in [0.15, 0.2) is 24.3 Å². The maximum absolute atomic E-state index is 12.5. The van der Waals surface area contributed by atoms with Crippen LogP contribution in [-0.2, 0) is 25.6 Å². The number of phenolic OH excluding ortho intramolecular Hbond substituents is 1. The number of nitrogens with two attached hydrogens (primary N) is 1. The SMILES string of the molecule is C[C@@H](O)[C@H](N)C(=O)N[C@@H](Cc1ccc(O)cc1)C(=O)N[C@@H](CC(=O)O)C(=O)O. The van der Waals surface area contributed by atoms with E-state index in [1.165, 1.54) is 31.2 Å². The molecular formula is C17H23N3O8. The first-order valence-corrected chi connectivity index (χ1v) is 8.28. The first-order chi connectivity index (χ1) is 13.0. The number of aliphatic carboxylic acids is 2. The van der Waals surface area contributed by atoms with Crippen LogP contribution < -0.4 is 16.4 Å². The summed E-state index contributed by atoms with van der Waals surface area (Å²) in [6.45, 7) is 1.28. The molecule has 1 aromatic rings. The van der Waals surface area contributed by atoms with Crippen LogP contribution in [0.3, 0.4) is 0 Å². The van der Waals surface area contributed by atoms with Gasteiger partial charge in [0.15, 0.2) is 0 Å². The summed E-state index contributed by atoms with van der Waals surface area (Å²) in [7, 11) is 0. The third-order valence-electron chi connectivity index (χ3n) is 3.82. The quantitative estimate of drug-likeness (QED) is 0.237. The number of carboxylic acids is 2. The van der Waals surface area contributed by atoms with Gasteiger partial charge >= 0.3 is 11.9 Å². The summed E-state index contributed by atoms with van der Waals surface area (Å²) in [6.07, 6.45) is -2.14. The highest BCUT2D eigenvalue weighted by molar-refractivity contribution is 5.93. The van der Waals surface area contributed by atoms with Crippen LogP contribution in [0, 0.1) is 0 Å². The Morgan fingerprint density at radius 2 is 1.54 bits per heavy atom. The monoisotopic (exact) mass is 397 g/mol. The van der Waals surface area contributed by atoms with E-state index >= 15 is 0 Å². The molecule has 0 bridgehead atoms. The van der Waals surface area contributed by atoms with Gasteiger partial charge in [-0.3, -0.25) is 14.4 Å². The molecule has 0 spiro atoms. The molecule has 0 aliphatic carbocycles. The third-order valence-corrected chi connectivity index (χ3v) is 3.82. The van der Waals surface area contributed by atoms with Crippen LogP contribution >= 0.6 is 0 Å². The number of benzene rings is 1. The van der Waals surface area contributed by atoms with Gasteiger partial charge in [0.1, 0.15) is 23.9 Å². The summed E-state index contributed by atoms with van der Waals surface area (Å²) in [6, 6.07) is 1.37. The first kappa shape index (κ1) is 22.9.